The molecule has 2 N–H and O–H groups in total. The molecule has 72 valence electrons. The molecule has 0 rings (SSSR count). The van der Waals surface area contributed by atoms with Gasteiger partial charge in [-0.2, -0.15) is 0 Å². The fraction of sp³-hybridized carbons (Fsp3) is 0.889. The predicted octanol–water partition coefficient (Wildman–Crippen LogP) is 1.48. The molecule has 0 unspecified atom stereocenters. The summed E-state index contributed by atoms with van der Waals surface area (Å²) in [5, 5.41) is 11.8. The van der Waals surface area contributed by atoms with E-state index in [0.717, 1.165) is 0 Å². The summed E-state index contributed by atoms with van der Waals surface area (Å²) in [4.78, 5) is 10.5. The molecule has 0 amide bonds. The number of carboxylic acid groups (broad SMARTS) is 1. The molecule has 3 heteroatoms. The molecule has 0 spiro atoms. The van der Waals surface area contributed by atoms with Crippen LogP contribution in [0.2, 0.25) is 0 Å². The lowest BCUT2D eigenvalue weighted by Crippen LogP contribution is -2.40. The molecule has 0 aromatic heterocycles. The molecule has 0 aromatic carbocycles. The van der Waals surface area contributed by atoms with Crippen LogP contribution in [0, 0.1) is 5.92 Å². The van der Waals surface area contributed by atoms with E-state index >= 15 is 0 Å². The molecule has 3 nitrogen and oxygen atoms in total. The summed E-state index contributed by atoms with van der Waals surface area (Å²) in [6.45, 7) is 8.11. The second-order valence-corrected chi connectivity index (χ2v) is 3.77. The topological polar surface area (TPSA) is 49.3 Å². The van der Waals surface area contributed by atoms with Gasteiger partial charge in [0.25, 0.3) is 0 Å². The van der Waals surface area contributed by atoms with E-state index in [0.29, 0.717) is 12.0 Å². The smallest absolute Gasteiger partial charge is 0.304 e. The quantitative estimate of drug-likeness (QED) is 0.662. The first-order chi connectivity index (χ1) is 5.43. The van der Waals surface area contributed by atoms with Gasteiger partial charge >= 0.3 is 5.97 Å². The first-order valence-corrected chi connectivity index (χ1v) is 4.41. The van der Waals surface area contributed by atoms with E-state index in [9.17, 15) is 4.79 Å². The van der Waals surface area contributed by atoms with Gasteiger partial charge in [-0.05, 0) is 5.92 Å². The van der Waals surface area contributed by atoms with Crippen molar-refractivity contribution in [1.82, 2.24) is 5.32 Å². The van der Waals surface area contributed by atoms with Crippen molar-refractivity contribution in [2.24, 2.45) is 5.92 Å². The molecule has 0 aliphatic carbocycles. The number of rotatable bonds is 5. The Morgan fingerprint density at radius 1 is 1.33 bits per heavy atom. The summed E-state index contributed by atoms with van der Waals surface area (Å²) in [6.07, 6.45) is 0.204. The summed E-state index contributed by atoms with van der Waals surface area (Å²) in [5.74, 6) is -0.370. The molecule has 1 atom stereocenters. The van der Waals surface area contributed by atoms with Crippen LogP contribution in [0.3, 0.4) is 0 Å². The lowest BCUT2D eigenvalue weighted by Gasteiger charge is -2.22. The van der Waals surface area contributed by atoms with Gasteiger partial charge in [-0.1, -0.05) is 27.7 Å². The van der Waals surface area contributed by atoms with E-state index in [1.165, 1.54) is 0 Å². The molecule has 0 aromatic rings. The van der Waals surface area contributed by atoms with Crippen molar-refractivity contribution in [2.45, 2.75) is 46.2 Å². The first-order valence-electron chi connectivity index (χ1n) is 4.41. The summed E-state index contributed by atoms with van der Waals surface area (Å²) < 4.78 is 0. The number of nitrogens with one attached hydrogen (secondary N) is 1. The van der Waals surface area contributed by atoms with Crippen molar-refractivity contribution < 1.29 is 9.90 Å². The molecular weight excluding hydrogens is 154 g/mol. The Bertz CT molecular complexity index is 143. The third-order valence-corrected chi connectivity index (χ3v) is 1.75. The predicted molar refractivity (Wildman–Crippen MR) is 49.2 cm³/mol. The van der Waals surface area contributed by atoms with Crippen LogP contribution in [0.4, 0.5) is 0 Å². The second-order valence-electron chi connectivity index (χ2n) is 3.77. The summed E-state index contributed by atoms with van der Waals surface area (Å²) in [5.41, 5.74) is 0. The maximum atomic E-state index is 10.5. The zero-order chi connectivity index (χ0) is 9.72. The third kappa shape index (κ3) is 5.13. The van der Waals surface area contributed by atoms with Crippen molar-refractivity contribution in [3.63, 3.8) is 0 Å². The van der Waals surface area contributed by atoms with Crippen LogP contribution in [0.25, 0.3) is 0 Å². The minimum absolute atomic E-state index is 0.0856. The fourth-order valence-corrected chi connectivity index (χ4v) is 1.10. The second kappa shape index (κ2) is 5.14. The highest BCUT2D eigenvalue weighted by atomic mass is 16.4. The Morgan fingerprint density at radius 3 is 2.08 bits per heavy atom. The number of carboxylic acids is 1. The van der Waals surface area contributed by atoms with Gasteiger partial charge in [0.1, 0.15) is 0 Å². The van der Waals surface area contributed by atoms with E-state index < -0.39 is 5.97 Å². The van der Waals surface area contributed by atoms with Crippen molar-refractivity contribution in [1.29, 1.82) is 0 Å². The van der Waals surface area contributed by atoms with Crippen LogP contribution >= 0.6 is 0 Å². The molecule has 0 bridgehead atoms. The van der Waals surface area contributed by atoms with Crippen LogP contribution in [0.5, 0.6) is 0 Å². The maximum absolute atomic E-state index is 10.5. The van der Waals surface area contributed by atoms with E-state index in [1.807, 2.05) is 27.7 Å². The molecule has 12 heavy (non-hydrogen) atoms. The molecule has 0 aliphatic rings. The van der Waals surface area contributed by atoms with Gasteiger partial charge in [0.2, 0.25) is 0 Å². The normalized spacial score (nSPS) is 13.8. The summed E-state index contributed by atoms with van der Waals surface area (Å²) >= 11 is 0. The minimum atomic E-state index is -0.734. The Hall–Kier alpha value is -0.570. The lowest BCUT2D eigenvalue weighted by molar-refractivity contribution is -0.137. The van der Waals surface area contributed by atoms with Crippen LogP contribution in [0.1, 0.15) is 34.1 Å². The van der Waals surface area contributed by atoms with Crippen molar-refractivity contribution in [3.05, 3.63) is 0 Å². The van der Waals surface area contributed by atoms with Gasteiger partial charge < -0.3 is 10.4 Å². The van der Waals surface area contributed by atoms with Crippen molar-refractivity contribution in [3.8, 4) is 0 Å². The summed E-state index contributed by atoms with van der Waals surface area (Å²) in [7, 11) is 0. The first kappa shape index (κ1) is 11.4. The van der Waals surface area contributed by atoms with Gasteiger partial charge in [0.15, 0.2) is 0 Å². The minimum Gasteiger partial charge on any atom is -0.481 e. The van der Waals surface area contributed by atoms with Gasteiger partial charge in [-0.15, -0.1) is 0 Å². The molecule has 0 heterocycles. The van der Waals surface area contributed by atoms with E-state index in [-0.39, 0.29) is 12.5 Å². The molecule has 0 saturated heterocycles. The zero-order valence-electron chi connectivity index (χ0n) is 8.29. The third-order valence-electron chi connectivity index (χ3n) is 1.75. The molecular formula is C9H19NO2. The maximum Gasteiger partial charge on any atom is 0.304 e. The SMILES string of the molecule is CC(C)N[C@@H](CC(=O)O)C(C)C. The van der Waals surface area contributed by atoms with Gasteiger partial charge in [-0.25, -0.2) is 0 Å². The highest BCUT2D eigenvalue weighted by Crippen LogP contribution is 2.06. The van der Waals surface area contributed by atoms with E-state index in [4.69, 9.17) is 5.11 Å². The Morgan fingerprint density at radius 2 is 1.83 bits per heavy atom. The number of carbonyl (C=O) groups is 1. The Balaban J connectivity index is 3.95. The molecule has 0 aliphatic heterocycles. The highest BCUT2D eigenvalue weighted by Gasteiger charge is 2.16. The van der Waals surface area contributed by atoms with Gasteiger partial charge in [0, 0.05) is 12.1 Å². The monoisotopic (exact) mass is 173 g/mol. The Labute approximate surface area is 74.2 Å². The van der Waals surface area contributed by atoms with Crippen molar-refractivity contribution in [2.75, 3.05) is 0 Å². The molecule has 0 fully saturated rings. The van der Waals surface area contributed by atoms with E-state index in [1.54, 1.807) is 0 Å². The molecule has 0 radical (unpaired) electrons. The van der Waals surface area contributed by atoms with Crippen LogP contribution in [-0.2, 0) is 4.79 Å². The van der Waals surface area contributed by atoms with Crippen LogP contribution < -0.4 is 5.32 Å². The van der Waals surface area contributed by atoms with Gasteiger partial charge in [-0.3, -0.25) is 4.79 Å². The van der Waals surface area contributed by atoms with Crippen molar-refractivity contribution >= 4 is 5.97 Å². The van der Waals surface area contributed by atoms with Crippen LogP contribution in [0.15, 0.2) is 0 Å². The molecule has 0 saturated carbocycles. The largest absolute Gasteiger partial charge is 0.481 e. The van der Waals surface area contributed by atoms with Crippen LogP contribution in [-0.4, -0.2) is 23.2 Å². The zero-order valence-corrected chi connectivity index (χ0v) is 8.29. The number of hydrogen-bond acceptors (Lipinski definition) is 2. The van der Waals surface area contributed by atoms with E-state index in [2.05, 4.69) is 5.32 Å². The standard InChI is InChI=1S/C9H19NO2/c1-6(2)8(5-9(11)12)10-7(3)4/h6-8,10H,5H2,1-4H3,(H,11,12)/t8-/m0/s1. The van der Waals surface area contributed by atoms with Gasteiger partial charge in [0.05, 0.1) is 6.42 Å². The summed E-state index contributed by atoms with van der Waals surface area (Å²) in [6, 6.07) is 0.430. The Kier molecular flexibility index (Phi) is 4.90. The lowest BCUT2D eigenvalue weighted by atomic mass is 10.0. The average Bonchev–Trinajstić information content (AvgIpc) is 1.83. The number of hydrogen-bond donors (Lipinski definition) is 2. The fourth-order valence-electron chi connectivity index (χ4n) is 1.10. The average molecular weight is 173 g/mol. The highest BCUT2D eigenvalue weighted by molar-refractivity contribution is 5.67. The number of aliphatic carboxylic acids is 1.